The zero-order valence-corrected chi connectivity index (χ0v) is 12.3. The second kappa shape index (κ2) is 5.31. The van der Waals surface area contributed by atoms with E-state index in [0.717, 1.165) is 47.3 Å². The largest absolute Gasteiger partial charge is 0.399 e. The molecule has 0 spiro atoms. The second-order valence-corrected chi connectivity index (χ2v) is 6.19. The van der Waals surface area contributed by atoms with E-state index in [4.69, 9.17) is 10.7 Å². The Hall–Kier alpha value is -1.77. The van der Waals surface area contributed by atoms with Crippen molar-refractivity contribution in [1.82, 2.24) is 4.98 Å². The van der Waals surface area contributed by atoms with Gasteiger partial charge in [-0.05, 0) is 55.0 Å². The fourth-order valence-electron chi connectivity index (χ4n) is 3.10. The van der Waals surface area contributed by atoms with Crippen LogP contribution in [0.25, 0.3) is 10.9 Å². The lowest BCUT2D eigenvalue weighted by molar-refractivity contribution is 0.311. The molecule has 3 nitrogen and oxygen atoms in total. The minimum atomic E-state index is 0.796. The van der Waals surface area contributed by atoms with Gasteiger partial charge in [-0.15, -0.1) is 0 Å². The molecule has 1 saturated heterocycles. The van der Waals surface area contributed by atoms with Crippen molar-refractivity contribution in [2.24, 2.45) is 11.8 Å². The molecule has 1 aliphatic heterocycles. The summed E-state index contributed by atoms with van der Waals surface area (Å²) in [7, 11) is 0. The summed E-state index contributed by atoms with van der Waals surface area (Å²) in [4.78, 5) is 7.19. The van der Waals surface area contributed by atoms with Gasteiger partial charge in [0.15, 0.2) is 0 Å². The molecule has 2 aromatic rings. The highest BCUT2D eigenvalue weighted by Gasteiger charge is 2.22. The summed E-state index contributed by atoms with van der Waals surface area (Å²) in [6, 6.07) is 10.2. The second-order valence-electron chi connectivity index (χ2n) is 6.19. The Balaban J connectivity index is 1.79. The van der Waals surface area contributed by atoms with Crippen LogP contribution in [-0.4, -0.2) is 18.1 Å². The number of anilines is 2. The normalized spacial score (nSPS) is 17.1. The predicted octanol–water partition coefficient (Wildman–Crippen LogP) is 3.69. The van der Waals surface area contributed by atoms with E-state index in [2.05, 4.69) is 30.9 Å². The highest BCUT2D eigenvalue weighted by Crippen LogP contribution is 2.28. The van der Waals surface area contributed by atoms with E-state index >= 15 is 0 Å². The Labute approximate surface area is 120 Å². The molecule has 2 N–H and O–H groups in total. The number of hydrogen-bond acceptors (Lipinski definition) is 3. The Morgan fingerprint density at radius 3 is 2.60 bits per heavy atom. The van der Waals surface area contributed by atoms with Crippen molar-refractivity contribution < 1.29 is 0 Å². The van der Waals surface area contributed by atoms with E-state index in [1.165, 1.54) is 12.8 Å². The van der Waals surface area contributed by atoms with Gasteiger partial charge in [-0.25, -0.2) is 4.98 Å². The van der Waals surface area contributed by atoms with Crippen LogP contribution in [0.2, 0.25) is 0 Å². The van der Waals surface area contributed by atoms with Crippen LogP contribution in [0.1, 0.15) is 26.7 Å². The Bertz CT molecular complexity index is 598. The number of nitrogens with two attached hydrogens (primary N) is 1. The van der Waals surface area contributed by atoms with Crippen molar-refractivity contribution in [1.29, 1.82) is 0 Å². The first kappa shape index (κ1) is 13.2. The Morgan fingerprint density at radius 2 is 1.90 bits per heavy atom. The molecular weight excluding hydrogens is 246 g/mol. The van der Waals surface area contributed by atoms with Gasteiger partial charge < -0.3 is 10.6 Å². The van der Waals surface area contributed by atoms with Crippen LogP contribution in [0, 0.1) is 11.8 Å². The van der Waals surface area contributed by atoms with Gasteiger partial charge in [-0.3, -0.25) is 0 Å². The molecule has 3 heteroatoms. The van der Waals surface area contributed by atoms with Gasteiger partial charge in [0, 0.05) is 24.2 Å². The third-order valence-electron chi connectivity index (χ3n) is 4.50. The fraction of sp³-hybridized carbons (Fsp3) is 0.471. The van der Waals surface area contributed by atoms with Crippen molar-refractivity contribution in [2.45, 2.75) is 26.7 Å². The van der Waals surface area contributed by atoms with Gasteiger partial charge in [-0.2, -0.15) is 0 Å². The van der Waals surface area contributed by atoms with Crippen LogP contribution in [0.3, 0.4) is 0 Å². The first-order valence-electron chi connectivity index (χ1n) is 7.55. The molecule has 1 aromatic carbocycles. The molecule has 3 rings (SSSR count). The standard InChI is InChI=1S/C17H23N3/c1-12(2)13-7-9-20(10-8-13)17-6-3-14-11-15(18)4-5-16(14)19-17/h3-6,11-13H,7-10,18H2,1-2H3. The van der Waals surface area contributed by atoms with Crippen molar-refractivity contribution in [3.05, 3.63) is 30.3 Å². The van der Waals surface area contributed by atoms with E-state index in [0.29, 0.717) is 0 Å². The van der Waals surface area contributed by atoms with Gasteiger partial charge in [0.1, 0.15) is 5.82 Å². The fourth-order valence-corrected chi connectivity index (χ4v) is 3.10. The molecule has 1 fully saturated rings. The topological polar surface area (TPSA) is 42.1 Å². The molecule has 0 bridgehead atoms. The van der Waals surface area contributed by atoms with Gasteiger partial charge >= 0.3 is 0 Å². The minimum Gasteiger partial charge on any atom is -0.399 e. The van der Waals surface area contributed by atoms with Crippen molar-refractivity contribution in [3.63, 3.8) is 0 Å². The molecule has 0 atom stereocenters. The first-order valence-corrected chi connectivity index (χ1v) is 7.55. The van der Waals surface area contributed by atoms with Crippen molar-refractivity contribution in [2.75, 3.05) is 23.7 Å². The van der Waals surface area contributed by atoms with E-state index in [1.54, 1.807) is 0 Å². The average Bonchev–Trinajstić information content (AvgIpc) is 2.47. The van der Waals surface area contributed by atoms with Gasteiger partial charge in [0.25, 0.3) is 0 Å². The maximum Gasteiger partial charge on any atom is 0.129 e. The number of benzene rings is 1. The maximum atomic E-state index is 5.81. The summed E-state index contributed by atoms with van der Waals surface area (Å²) >= 11 is 0. The SMILES string of the molecule is CC(C)C1CCN(c2ccc3cc(N)ccc3n2)CC1. The zero-order chi connectivity index (χ0) is 14.1. The Kier molecular flexibility index (Phi) is 3.51. The molecule has 20 heavy (non-hydrogen) atoms. The van der Waals surface area contributed by atoms with Crippen LogP contribution in [0.5, 0.6) is 0 Å². The quantitative estimate of drug-likeness (QED) is 0.845. The first-order chi connectivity index (χ1) is 9.63. The summed E-state index contributed by atoms with van der Waals surface area (Å²) in [6.45, 7) is 6.91. The monoisotopic (exact) mass is 269 g/mol. The third-order valence-corrected chi connectivity index (χ3v) is 4.50. The van der Waals surface area contributed by atoms with Gasteiger partial charge in [0.2, 0.25) is 0 Å². The molecule has 1 aliphatic rings. The van der Waals surface area contributed by atoms with Gasteiger partial charge in [0.05, 0.1) is 5.52 Å². The van der Waals surface area contributed by atoms with Gasteiger partial charge in [-0.1, -0.05) is 13.8 Å². The summed E-state index contributed by atoms with van der Waals surface area (Å²) in [5.41, 5.74) is 7.64. The zero-order valence-electron chi connectivity index (χ0n) is 12.3. The lowest BCUT2D eigenvalue weighted by Crippen LogP contribution is -2.35. The number of fused-ring (bicyclic) bond motifs is 1. The van der Waals surface area contributed by atoms with Crippen LogP contribution in [0.15, 0.2) is 30.3 Å². The minimum absolute atomic E-state index is 0.796. The number of rotatable bonds is 2. The lowest BCUT2D eigenvalue weighted by Gasteiger charge is -2.34. The third kappa shape index (κ3) is 2.58. The van der Waals surface area contributed by atoms with Crippen LogP contribution in [0.4, 0.5) is 11.5 Å². The van der Waals surface area contributed by atoms with Crippen molar-refractivity contribution >= 4 is 22.4 Å². The highest BCUT2D eigenvalue weighted by atomic mass is 15.2. The smallest absolute Gasteiger partial charge is 0.129 e. The summed E-state index contributed by atoms with van der Waals surface area (Å²) < 4.78 is 0. The number of hydrogen-bond donors (Lipinski definition) is 1. The number of aromatic nitrogens is 1. The molecule has 1 aromatic heterocycles. The summed E-state index contributed by atoms with van der Waals surface area (Å²) in [6.07, 6.45) is 2.55. The maximum absolute atomic E-state index is 5.81. The lowest BCUT2D eigenvalue weighted by atomic mass is 9.87. The van der Waals surface area contributed by atoms with Crippen LogP contribution >= 0.6 is 0 Å². The van der Waals surface area contributed by atoms with E-state index in [1.807, 2.05) is 18.2 Å². The van der Waals surface area contributed by atoms with E-state index < -0.39 is 0 Å². The number of piperidine rings is 1. The molecular formula is C17H23N3. The predicted molar refractivity (Wildman–Crippen MR) is 85.9 cm³/mol. The van der Waals surface area contributed by atoms with Crippen LogP contribution in [-0.2, 0) is 0 Å². The summed E-state index contributed by atoms with van der Waals surface area (Å²) in [5.74, 6) is 2.76. The number of nitrogen functional groups attached to an aromatic ring is 1. The molecule has 0 unspecified atom stereocenters. The number of nitrogens with zero attached hydrogens (tertiary/aromatic N) is 2. The molecule has 0 amide bonds. The van der Waals surface area contributed by atoms with Crippen molar-refractivity contribution in [3.8, 4) is 0 Å². The number of pyridine rings is 1. The molecule has 0 radical (unpaired) electrons. The van der Waals surface area contributed by atoms with E-state index in [9.17, 15) is 0 Å². The highest BCUT2D eigenvalue weighted by molar-refractivity contribution is 5.83. The Morgan fingerprint density at radius 1 is 1.15 bits per heavy atom. The molecule has 0 aliphatic carbocycles. The molecule has 106 valence electrons. The summed E-state index contributed by atoms with van der Waals surface area (Å²) in [5, 5.41) is 1.12. The average molecular weight is 269 g/mol. The molecule has 0 saturated carbocycles. The van der Waals surface area contributed by atoms with E-state index in [-0.39, 0.29) is 0 Å². The molecule has 2 heterocycles. The van der Waals surface area contributed by atoms with Crippen LogP contribution < -0.4 is 10.6 Å².